The normalized spacial score (nSPS) is 27.3. The van der Waals surface area contributed by atoms with E-state index >= 15 is 0 Å². The molecule has 0 spiro atoms. The van der Waals surface area contributed by atoms with Gasteiger partial charge in [-0.3, -0.25) is 4.79 Å². The summed E-state index contributed by atoms with van der Waals surface area (Å²) < 4.78 is 10.6. The van der Waals surface area contributed by atoms with Crippen LogP contribution in [0.25, 0.3) is 0 Å². The second-order valence-corrected chi connectivity index (χ2v) is 6.90. The number of carbonyl (C=O) groups is 4. The predicted molar refractivity (Wildman–Crippen MR) is 94.8 cm³/mol. The summed E-state index contributed by atoms with van der Waals surface area (Å²) in [5.74, 6) is -4.93. The van der Waals surface area contributed by atoms with E-state index in [4.69, 9.17) is 9.47 Å². The smallest absolute Gasteiger partial charge is 0.349 e. The molecule has 0 aromatic heterocycles. The zero-order valence-corrected chi connectivity index (χ0v) is 15.9. The zero-order chi connectivity index (χ0) is 21.0. The first-order valence-electron chi connectivity index (χ1n) is 8.68. The molecular weight excluding hydrogens is 356 g/mol. The number of carbonyl (C=O) groups excluding carboxylic acids is 2. The lowest BCUT2D eigenvalue weighted by Crippen LogP contribution is -2.68. The van der Waals surface area contributed by atoms with Crippen molar-refractivity contribution in [2.24, 2.45) is 5.41 Å². The third-order valence-electron chi connectivity index (χ3n) is 4.85. The van der Waals surface area contributed by atoms with Crippen molar-refractivity contribution in [2.45, 2.75) is 64.6 Å². The summed E-state index contributed by atoms with van der Waals surface area (Å²) >= 11 is 0. The van der Waals surface area contributed by atoms with Crippen molar-refractivity contribution < 1.29 is 38.9 Å². The minimum Gasteiger partial charge on any atom is -0.481 e. The standard InChI is InChI=1S/C19H26O8/c1-6-9-18(16(22)23)13(26-14(20)11(2)3)8-7-10-19(18,17(24)25)27-15(21)12(4)5/h13H,2,4,6-10H2,1,3,5H3,(H,22,23)(H,24,25). The van der Waals surface area contributed by atoms with Crippen LogP contribution in [0.2, 0.25) is 0 Å². The van der Waals surface area contributed by atoms with Crippen LogP contribution in [0.1, 0.15) is 52.9 Å². The number of carboxylic acids is 2. The molecule has 0 aromatic rings. The molecule has 3 unspecified atom stereocenters. The lowest BCUT2D eigenvalue weighted by atomic mass is 9.58. The van der Waals surface area contributed by atoms with Gasteiger partial charge in [-0.15, -0.1) is 0 Å². The average molecular weight is 382 g/mol. The lowest BCUT2D eigenvalue weighted by Gasteiger charge is -2.50. The van der Waals surface area contributed by atoms with E-state index in [2.05, 4.69) is 13.2 Å². The molecule has 8 nitrogen and oxygen atoms in total. The van der Waals surface area contributed by atoms with Crippen LogP contribution in [0.4, 0.5) is 0 Å². The summed E-state index contributed by atoms with van der Waals surface area (Å²) in [6.45, 7) is 11.3. The van der Waals surface area contributed by atoms with Crippen LogP contribution >= 0.6 is 0 Å². The Labute approximate surface area is 157 Å². The van der Waals surface area contributed by atoms with Crippen LogP contribution in [0.5, 0.6) is 0 Å². The van der Waals surface area contributed by atoms with Gasteiger partial charge in [0.2, 0.25) is 5.60 Å². The molecule has 0 saturated heterocycles. The van der Waals surface area contributed by atoms with E-state index in [0.29, 0.717) is 0 Å². The van der Waals surface area contributed by atoms with E-state index in [1.807, 2.05) is 0 Å². The minimum atomic E-state index is -2.39. The Hall–Kier alpha value is -2.64. The SMILES string of the molecule is C=C(C)C(=O)OC1CCCC(OC(=O)C(=C)C)(C(=O)O)C1(CCC)C(=O)O. The van der Waals surface area contributed by atoms with Gasteiger partial charge in [-0.2, -0.15) is 0 Å². The Morgan fingerprint density at radius 1 is 1.04 bits per heavy atom. The van der Waals surface area contributed by atoms with Gasteiger partial charge in [0.15, 0.2) is 5.41 Å². The van der Waals surface area contributed by atoms with Crippen LogP contribution in [0.3, 0.4) is 0 Å². The number of carboxylic acid groups (broad SMARTS) is 2. The van der Waals surface area contributed by atoms with Crippen LogP contribution in [-0.4, -0.2) is 45.8 Å². The second-order valence-electron chi connectivity index (χ2n) is 6.90. The molecule has 0 amide bonds. The summed E-state index contributed by atoms with van der Waals surface area (Å²) in [6, 6.07) is 0. The highest BCUT2D eigenvalue weighted by molar-refractivity contribution is 5.95. The van der Waals surface area contributed by atoms with Gasteiger partial charge in [0.25, 0.3) is 0 Å². The molecule has 1 saturated carbocycles. The Kier molecular flexibility index (Phi) is 6.94. The molecule has 1 rings (SSSR count). The maximum Gasteiger partial charge on any atom is 0.349 e. The van der Waals surface area contributed by atoms with Crippen molar-refractivity contribution in [3.63, 3.8) is 0 Å². The fourth-order valence-electron chi connectivity index (χ4n) is 3.56. The monoisotopic (exact) mass is 382 g/mol. The summed E-state index contributed by atoms with van der Waals surface area (Å²) in [5, 5.41) is 20.1. The Balaban J connectivity index is 3.65. The first-order valence-corrected chi connectivity index (χ1v) is 8.68. The van der Waals surface area contributed by atoms with E-state index in [0.717, 1.165) is 0 Å². The topological polar surface area (TPSA) is 127 Å². The molecule has 1 fully saturated rings. The van der Waals surface area contributed by atoms with Gasteiger partial charge in [0, 0.05) is 11.1 Å². The molecule has 0 radical (unpaired) electrons. The van der Waals surface area contributed by atoms with Gasteiger partial charge in [-0.25, -0.2) is 14.4 Å². The number of rotatable bonds is 8. The molecule has 0 aliphatic heterocycles. The van der Waals surface area contributed by atoms with Crippen molar-refractivity contribution in [2.75, 3.05) is 0 Å². The molecule has 8 heteroatoms. The van der Waals surface area contributed by atoms with E-state index in [1.165, 1.54) is 13.8 Å². The molecule has 3 atom stereocenters. The first kappa shape index (κ1) is 22.4. The van der Waals surface area contributed by atoms with E-state index in [1.54, 1.807) is 6.92 Å². The lowest BCUT2D eigenvalue weighted by molar-refractivity contribution is -0.230. The van der Waals surface area contributed by atoms with E-state index < -0.39 is 41.0 Å². The fraction of sp³-hybridized carbons (Fsp3) is 0.579. The van der Waals surface area contributed by atoms with Crippen LogP contribution < -0.4 is 0 Å². The van der Waals surface area contributed by atoms with Crippen molar-refractivity contribution in [3.05, 3.63) is 24.3 Å². The Morgan fingerprint density at radius 2 is 1.59 bits per heavy atom. The maximum atomic E-state index is 12.4. The third kappa shape index (κ3) is 3.89. The highest BCUT2D eigenvalue weighted by Crippen LogP contribution is 2.52. The maximum absolute atomic E-state index is 12.4. The minimum absolute atomic E-state index is 0.0521. The van der Waals surface area contributed by atoms with Crippen molar-refractivity contribution in [1.82, 2.24) is 0 Å². The zero-order valence-electron chi connectivity index (χ0n) is 15.9. The van der Waals surface area contributed by atoms with Gasteiger partial charge in [0.05, 0.1) is 0 Å². The first-order chi connectivity index (χ1) is 12.5. The molecule has 150 valence electrons. The quantitative estimate of drug-likeness (QED) is 0.484. The number of hydrogen-bond donors (Lipinski definition) is 2. The largest absolute Gasteiger partial charge is 0.481 e. The fourth-order valence-corrected chi connectivity index (χ4v) is 3.56. The van der Waals surface area contributed by atoms with E-state index in [9.17, 15) is 29.4 Å². The summed E-state index contributed by atoms with van der Waals surface area (Å²) in [6.07, 6.45) is -1.07. The predicted octanol–water partition coefficient (Wildman–Crippen LogP) is 2.47. The van der Waals surface area contributed by atoms with Crippen LogP contribution in [0.15, 0.2) is 24.3 Å². The van der Waals surface area contributed by atoms with E-state index in [-0.39, 0.29) is 43.3 Å². The average Bonchev–Trinajstić information content (AvgIpc) is 2.56. The molecule has 0 heterocycles. The van der Waals surface area contributed by atoms with Crippen molar-refractivity contribution in [1.29, 1.82) is 0 Å². The van der Waals surface area contributed by atoms with Gasteiger partial charge in [-0.05, 0) is 39.5 Å². The van der Waals surface area contributed by atoms with Gasteiger partial charge in [-0.1, -0.05) is 26.5 Å². The van der Waals surface area contributed by atoms with Crippen molar-refractivity contribution in [3.8, 4) is 0 Å². The molecule has 0 aromatic carbocycles. The van der Waals surface area contributed by atoms with Gasteiger partial charge in [0.1, 0.15) is 6.10 Å². The summed E-state index contributed by atoms with van der Waals surface area (Å²) in [5.41, 5.74) is -4.53. The number of aliphatic carboxylic acids is 2. The number of esters is 2. The second kappa shape index (κ2) is 8.37. The Bertz CT molecular complexity index is 679. The third-order valence-corrected chi connectivity index (χ3v) is 4.85. The Morgan fingerprint density at radius 3 is 2.00 bits per heavy atom. The summed E-state index contributed by atoms with van der Waals surface area (Å²) in [7, 11) is 0. The molecular formula is C19H26O8. The highest BCUT2D eigenvalue weighted by Gasteiger charge is 2.70. The molecule has 1 aliphatic carbocycles. The molecule has 2 N–H and O–H groups in total. The molecule has 0 bridgehead atoms. The van der Waals surface area contributed by atoms with Gasteiger partial charge < -0.3 is 19.7 Å². The van der Waals surface area contributed by atoms with Crippen LogP contribution in [-0.2, 0) is 28.7 Å². The number of ether oxygens (including phenoxy) is 2. The van der Waals surface area contributed by atoms with Gasteiger partial charge >= 0.3 is 23.9 Å². The molecule has 27 heavy (non-hydrogen) atoms. The highest BCUT2D eigenvalue weighted by atomic mass is 16.6. The summed E-state index contributed by atoms with van der Waals surface area (Å²) in [4.78, 5) is 48.9. The molecule has 1 aliphatic rings. The van der Waals surface area contributed by atoms with Crippen molar-refractivity contribution >= 4 is 23.9 Å². The van der Waals surface area contributed by atoms with Crippen LogP contribution in [0, 0.1) is 5.41 Å². The number of hydrogen-bond acceptors (Lipinski definition) is 6.